The van der Waals surface area contributed by atoms with Crippen LogP contribution < -0.4 is 0 Å². The number of ether oxygens (including phenoxy) is 1. The van der Waals surface area contributed by atoms with E-state index >= 15 is 0 Å². The molecule has 0 aromatic heterocycles. The Morgan fingerprint density at radius 3 is 1.92 bits per heavy atom. The van der Waals surface area contributed by atoms with E-state index in [4.69, 9.17) is 4.74 Å². The molecule has 0 saturated heterocycles. The van der Waals surface area contributed by atoms with E-state index in [1.807, 2.05) is 6.92 Å². The standard InChI is InChI=1S/C7H13Br3OS/c1-6(12)11-5-7(2-8,3-9)4-10/h6,12H,2-5H2,1H3. The van der Waals surface area contributed by atoms with Crippen LogP contribution in [0.1, 0.15) is 6.92 Å². The molecule has 0 aliphatic rings. The van der Waals surface area contributed by atoms with Crippen molar-refractivity contribution in [3.63, 3.8) is 0 Å². The normalized spacial score (nSPS) is 14.8. The third-order valence-corrected chi connectivity index (χ3v) is 5.20. The highest BCUT2D eigenvalue weighted by Gasteiger charge is 2.27. The average molecular weight is 385 g/mol. The van der Waals surface area contributed by atoms with Gasteiger partial charge in [-0.15, -0.1) is 12.6 Å². The maximum Gasteiger partial charge on any atom is 0.0971 e. The van der Waals surface area contributed by atoms with Gasteiger partial charge in [0.1, 0.15) is 0 Å². The lowest BCUT2D eigenvalue weighted by molar-refractivity contribution is 0.0714. The van der Waals surface area contributed by atoms with Crippen molar-refractivity contribution in [1.82, 2.24) is 0 Å². The molecule has 0 aromatic carbocycles. The van der Waals surface area contributed by atoms with Gasteiger partial charge in [0.05, 0.1) is 12.0 Å². The number of hydrogen-bond acceptors (Lipinski definition) is 2. The first-order valence-corrected chi connectivity index (χ1v) is 7.46. The Kier molecular flexibility index (Phi) is 8.13. The summed E-state index contributed by atoms with van der Waals surface area (Å²) in [6.07, 6.45) is 0. The number of hydrogen-bond donors (Lipinski definition) is 1. The van der Waals surface area contributed by atoms with E-state index < -0.39 is 0 Å². The summed E-state index contributed by atoms with van der Waals surface area (Å²) in [6, 6.07) is 0. The van der Waals surface area contributed by atoms with Gasteiger partial charge in [-0.25, -0.2) is 0 Å². The third kappa shape index (κ3) is 4.84. The first kappa shape index (κ1) is 13.8. The van der Waals surface area contributed by atoms with Crippen LogP contribution in [0, 0.1) is 5.41 Å². The molecule has 5 heteroatoms. The molecule has 0 heterocycles. The predicted octanol–water partition coefficient (Wildman–Crippen LogP) is 3.45. The maximum atomic E-state index is 5.45. The lowest BCUT2D eigenvalue weighted by Crippen LogP contribution is -2.33. The maximum absolute atomic E-state index is 5.45. The van der Waals surface area contributed by atoms with Gasteiger partial charge in [-0.1, -0.05) is 47.8 Å². The summed E-state index contributed by atoms with van der Waals surface area (Å²) in [5, 5.41) is 2.74. The smallest absolute Gasteiger partial charge is 0.0971 e. The molecule has 0 spiro atoms. The molecular formula is C7H13Br3OS. The van der Waals surface area contributed by atoms with E-state index in [2.05, 4.69) is 60.4 Å². The number of alkyl halides is 3. The van der Waals surface area contributed by atoms with Crippen LogP contribution in [0.2, 0.25) is 0 Å². The summed E-state index contributed by atoms with van der Waals surface area (Å²) in [5.41, 5.74) is 0.137. The second kappa shape index (κ2) is 7.10. The molecule has 0 fully saturated rings. The quantitative estimate of drug-likeness (QED) is 0.419. The number of rotatable bonds is 6. The van der Waals surface area contributed by atoms with Crippen molar-refractivity contribution >= 4 is 60.4 Å². The van der Waals surface area contributed by atoms with E-state index in [0.29, 0.717) is 6.61 Å². The molecule has 1 unspecified atom stereocenters. The molecule has 74 valence electrons. The highest BCUT2D eigenvalue weighted by atomic mass is 79.9. The predicted molar refractivity (Wildman–Crippen MR) is 68.2 cm³/mol. The van der Waals surface area contributed by atoms with Gasteiger partial charge >= 0.3 is 0 Å². The molecule has 1 nitrogen and oxygen atoms in total. The lowest BCUT2D eigenvalue weighted by Gasteiger charge is -2.27. The summed E-state index contributed by atoms with van der Waals surface area (Å²) in [7, 11) is 0. The van der Waals surface area contributed by atoms with Crippen molar-refractivity contribution in [2.45, 2.75) is 12.4 Å². The summed E-state index contributed by atoms with van der Waals surface area (Å²) in [5.74, 6) is 0. The Morgan fingerprint density at radius 2 is 1.67 bits per heavy atom. The highest BCUT2D eigenvalue weighted by Crippen LogP contribution is 2.26. The highest BCUT2D eigenvalue weighted by molar-refractivity contribution is 9.10. The molecule has 0 saturated carbocycles. The van der Waals surface area contributed by atoms with Gasteiger partial charge in [-0.05, 0) is 6.92 Å². The van der Waals surface area contributed by atoms with Gasteiger partial charge in [-0.3, -0.25) is 0 Å². The van der Waals surface area contributed by atoms with Crippen LogP contribution in [0.25, 0.3) is 0 Å². The van der Waals surface area contributed by atoms with E-state index in [1.165, 1.54) is 0 Å². The topological polar surface area (TPSA) is 9.23 Å². The van der Waals surface area contributed by atoms with Crippen LogP contribution >= 0.6 is 60.4 Å². The Morgan fingerprint density at radius 1 is 1.25 bits per heavy atom. The SMILES string of the molecule is CC(S)OCC(CBr)(CBr)CBr. The van der Waals surface area contributed by atoms with Crippen molar-refractivity contribution in [2.24, 2.45) is 5.41 Å². The van der Waals surface area contributed by atoms with E-state index in [1.54, 1.807) is 0 Å². The van der Waals surface area contributed by atoms with Gasteiger partial charge in [0.25, 0.3) is 0 Å². The van der Waals surface area contributed by atoms with E-state index in [0.717, 1.165) is 16.0 Å². The minimum absolute atomic E-state index is 0.00141. The summed E-state index contributed by atoms with van der Waals surface area (Å²) in [4.78, 5) is 0. The van der Waals surface area contributed by atoms with Crippen LogP contribution in [0.5, 0.6) is 0 Å². The molecule has 0 radical (unpaired) electrons. The van der Waals surface area contributed by atoms with E-state index in [-0.39, 0.29) is 10.9 Å². The zero-order chi connectivity index (χ0) is 9.61. The minimum atomic E-state index is 0.00141. The Balaban J connectivity index is 3.93. The molecule has 0 bridgehead atoms. The van der Waals surface area contributed by atoms with Crippen molar-refractivity contribution in [2.75, 3.05) is 22.6 Å². The molecule has 0 aliphatic carbocycles. The molecule has 0 aromatic rings. The van der Waals surface area contributed by atoms with Crippen molar-refractivity contribution in [3.8, 4) is 0 Å². The van der Waals surface area contributed by atoms with Gasteiger partial charge in [0.2, 0.25) is 0 Å². The van der Waals surface area contributed by atoms with Crippen molar-refractivity contribution in [3.05, 3.63) is 0 Å². The molecule has 0 N–H and O–H groups in total. The lowest BCUT2D eigenvalue weighted by atomic mass is 9.98. The Bertz CT molecular complexity index is 109. The van der Waals surface area contributed by atoms with Gasteiger partial charge in [-0.2, -0.15) is 0 Å². The molecular weight excluding hydrogens is 372 g/mol. The van der Waals surface area contributed by atoms with Crippen LogP contribution in [0.15, 0.2) is 0 Å². The number of halogens is 3. The van der Waals surface area contributed by atoms with Crippen LogP contribution in [-0.2, 0) is 4.74 Å². The third-order valence-electron chi connectivity index (χ3n) is 1.48. The largest absolute Gasteiger partial charge is 0.367 e. The first-order chi connectivity index (χ1) is 5.60. The summed E-state index contributed by atoms with van der Waals surface area (Å²) < 4.78 is 5.45. The average Bonchev–Trinajstić information content (AvgIpc) is 2.08. The second-order valence-electron chi connectivity index (χ2n) is 2.81. The molecule has 0 amide bonds. The fourth-order valence-electron chi connectivity index (χ4n) is 0.520. The second-order valence-corrected chi connectivity index (χ2v) is 5.22. The van der Waals surface area contributed by atoms with Gasteiger partial charge in [0.15, 0.2) is 0 Å². The molecule has 0 rings (SSSR count). The van der Waals surface area contributed by atoms with Crippen LogP contribution in [0.3, 0.4) is 0 Å². The monoisotopic (exact) mass is 382 g/mol. The van der Waals surface area contributed by atoms with E-state index in [9.17, 15) is 0 Å². The number of thiol groups is 1. The fraction of sp³-hybridized carbons (Fsp3) is 1.00. The van der Waals surface area contributed by atoms with Crippen LogP contribution in [-0.4, -0.2) is 28.0 Å². The molecule has 0 aliphatic heterocycles. The zero-order valence-corrected chi connectivity index (χ0v) is 12.5. The van der Waals surface area contributed by atoms with Crippen LogP contribution in [0.4, 0.5) is 0 Å². The Labute approximate surface area is 105 Å². The molecule has 12 heavy (non-hydrogen) atoms. The Hall–Kier alpha value is 1.75. The molecule has 1 atom stereocenters. The first-order valence-electron chi connectivity index (χ1n) is 3.58. The minimum Gasteiger partial charge on any atom is -0.367 e. The van der Waals surface area contributed by atoms with Crippen molar-refractivity contribution < 1.29 is 4.74 Å². The summed E-state index contributed by atoms with van der Waals surface area (Å²) >= 11 is 14.6. The fourth-order valence-corrected chi connectivity index (χ4v) is 3.87. The summed E-state index contributed by atoms with van der Waals surface area (Å²) in [6.45, 7) is 2.63. The van der Waals surface area contributed by atoms with Crippen molar-refractivity contribution in [1.29, 1.82) is 0 Å². The van der Waals surface area contributed by atoms with Gasteiger partial charge in [0, 0.05) is 21.4 Å². The zero-order valence-electron chi connectivity index (χ0n) is 6.90. The van der Waals surface area contributed by atoms with Gasteiger partial charge < -0.3 is 4.74 Å².